The van der Waals surface area contributed by atoms with E-state index in [4.69, 9.17) is 0 Å². The van der Waals surface area contributed by atoms with Gasteiger partial charge in [-0.25, -0.2) is 0 Å². The molecule has 4 fully saturated rings. The molecule has 2 unspecified atom stereocenters. The van der Waals surface area contributed by atoms with Gasteiger partial charge in [0.2, 0.25) is 0 Å². The van der Waals surface area contributed by atoms with Crippen LogP contribution < -0.4 is 0 Å². The zero-order chi connectivity index (χ0) is 10.7. The van der Waals surface area contributed by atoms with Crippen molar-refractivity contribution in [3.8, 4) is 6.07 Å². The molecule has 1 nitrogen and oxygen atoms in total. The maximum atomic E-state index is 9.48. The van der Waals surface area contributed by atoms with Gasteiger partial charge in [0.15, 0.2) is 0 Å². The molecule has 0 radical (unpaired) electrons. The molecule has 0 saturated heterocycles. The molecule has 0 aromatic rings. The molecular formula is C14H21N. The second-order valence-corrected chi connectivity index (χ2v) is 6.87. The lowest BCUT2D eigenvalue weighted by molar-refractivity contribution is -0.107. The Labute approximate surface area is 92.9 Å². The fraction of sp³-hybridized carbons (Fsp3) is 0.929. The predicted octanol–water partition coefficient (Wildman–Crippen LogP) is 3.75. The Kier molecular flexibility index (Phi) is 1.80. The van der Waals surface area contributed by atoms with Crippen LogP contribution in [0.1, 0.15) is 52.4 Å². The molecule has 82 valence electrons. The average molecular weight is 203 g/mol. The van der Waals surface area contributed by atoms with Gasteiger partial charge >= 0.3 is 0 Å². The van der Waals surface area contributed by atoms with Crippen molar-refractivity contribution in [2.75, 3.05) is 0 Å². The van der Waals surface area contributed by atoms with Crippen molar-refractivity contribution < 1.29 is 0 Å². The number of hydrogen-bond donors (Lipinski definition) is 0. The van der Waals surface area contributed by atoms with Gasteiger partial charge in [0.1, 0.15) is 0 Å². The lowest BCUT2D eigenvalue weighted by Crippen LogP contribution is -2.53. The zero-order valence-electron chi connectivity index (χ0n) is 9.92. The first kappa shape index (κ1) is 9.70. The van der Waals surface area contributed by atoms with E-state index in [1.807, 2.05) is 0 Å². The second-order valence-electron chi connectivity index (χ2n) is 6.87. The Hall–Kier alpha value is -0.510. The first-order valence-electron chi connectivity index (χ1n) is 6.49. The highest BCUT2D eigenvalue weighted by Gasteiger charge is 2.58. The first-order valence-corrected chi connectivity index (χ1v) is 6.49. The number of rotatable bonds is 1. The van der Waals surface area contributed by atoms with Crippen molar-refractivity contribution in [2.45, 2.75) is 52.4 Å². The molecule has 0 N–H and O–H groups in total. The van der Waals surface area contributed by atoms with E-state index in [2.05, 4.69) is 19.9 Å². The first-order chi connectivity index (χ1) is 7.07. The van der Waals surface area contributed by atoms with E-state index >= 15 is 0 Å². The smallest absolute Gasteiger partial charge is 0.0690 e. The molecule has 4 bridgehead atoms. The second kappa shape index (κ2) is 2.78. The molecule has 1 heteroatoms. The molecule has 4 rings (SSSR count). The van der Waals surface area contributed by atoms with E-state index in [1.165, 1.54) is 38.5 Å². The van der Waals surface area contributed by atoms with E-state index in [0.29, 0.717) is 5.41 Å². The quantitative estimate of drug-likeness (QED) is 0.636. The maximum absolute atomic E-state index is 9.48. The van der Waals surface area contributed by atoms with Crippen LogP contribution in [0.15, 0.2) is 0 Å². The van der Waals surface area contributed by atoms with Crippen LogP contribution >= 0.6 is 0 Å². The van der Waals surface area contributed by atoms with Crippen molar-refractivity contribution in [1.29, 1.82) is 5.26 Å². The van der Waals surface area contributed by atoms with Gasteiger partial charge in [-0.15, -0.1) is 0 Å². The van der Waals surface area contributed by atoms with Gasteiger partial charge in [-0.3, -0.25) is 0 Å². The number of nitriles is 1. The summed E-state index contributed by atoms with van der Waals surface area (Å²) in [4.78, 5) is 0. The summed E-state index contributed by atoms with van der Waals surface area (Å²) in [6.45, 7) is 4.75. The average Bonchev–Trinajstić information content (AvgIpc) is 2.15. The monoisotopic (exact) mass is 203 g/mol. The topological polar surface area (TPSA) is 23.8 Å². The summed E-state index contributed by atoms with van der Waals surface area (Å²) in [6.07, 6.45) is 7.91. The molecule has 0 aromatic carbocycles. The van der Waals surface area contributed by atoms with Crippen LogP contribution in [0.2, 0.25) is 0 Å². The van der Waals surface area contributed by atoms with E-state index < -0.39 is 0 Å². The van der Waals surface area contributed by atoms with Gasteiger partial charge in [0.05, 0.1) is 11.5 Å². The zero-order valence-corrected chi connectivity index (χ0v) is 9.92. The molecule has 4 atom stereocenters. The van der Waals surface area contributed by atoms with E-state index in [0.717, 1.165) is 17.8 Å². The molecule has 0 spiro atoms. The maximum Gasteiger partial charge on any atom is 0.0690 e. The largest absolute Gasteiger partial charge is 0.198 e. The molecule has 0 amide bonds. The van der Waals surface area contributed by atoms with Gasteiger partial charge in [-0.1, -0.05) is 13.8 Å². The summed E-state index contributed by atoms with van der Waals surface area (Å²) in [5, 5.41) is 9.48. The summed E-state index contributed by atoms with van der Waals surface area (Å²) < 4.78 is 0. The Bertz CT molecular complexity index is 309. The summed E-state index contributed by atoms with van der Waals surface area (Å²) in [5.74, 6) is 2.54. The van der Waals surface area contributed by atoms with Crippen LogP contribution in [0.3, 0.4) is 0 Å². The highest BCUT2D eigenvalue weighted by molar-refractivity contribution is 5.15. The molecular weight excluding hydrogens is 182 g/mol. The normalized spacial score (nSPS) is 52.1. The van der Waals surface area contributed by atoms with Crippen molar-refractivity contribution in [3.63, 3.8) is 0 Å². The van der Waals surface area contributed by atoms with Gasteiger partial charge in [-0.2, -0.15) is 5.26 Å². The summed E-state index contributed by atoms with van der Waals surface area (Å²) in [6, 6.07) is 2.69. The third kappa shape index (κ3) is 1.20. The lowest BCUT2D eigenvalue weighted by Gasteiger charge is -2.61. The van der Waals surface area contributed by atoms with Crippen molar-refractivity contribution in [2.24, 2.45) is 28.6 Å². The van der Waals surface area contributed by atoms with Crippen LogP contribution in [0, 0.1) is 39.9 Å². The molecule has 15 heavy (non-hydrogen) atoms. The Morgan fingerprint density at radius 2 is 1.73 bits per heavy atom. The van der Waals surface area contributed by atoms with Crippen molar-refractivity contribution in [1.82, 2.24) is 0 Å². The molecule has 4 aliphatic rings. The minimum absolute atomic E-state index is 0.0916. The van der Waals surface area contributed by atoms with E-state index in [-0.39, 0.29) is 5.41 Å². The van der Waals surface area contributed by atoms with E-state index in [1.54, 1.807) is 0 Å². The third-order valence-electron chi connectivity index (χ3n) is 5.57. The van der Waals surface area contributed by atoms with Crippen LogP contribution in [-0.2, 0) is 0 Å². The Balaban J connectivity index is 2.00. The van der Waals surface area contributed by atoms with Crippen LogP contribution in [0.5, 0.6) is 0 Å². The summed E-state index contributed by atoms with van der Waals surface area (Å²) in [7, 11) is 0. The standard InChI is InChI=1S/C14H21N/c1-10(2)14-6-11-3-12(7-14)5-13(4-11,8-14)9-15/h10-12H,3-8H2,1-2H3/t11-,12+,13?,14?. The van der Waals surface area contributed by atoms with Crippen LogP contribution in [-0.4, -0.2) is 0 Å². The highest BCUT2D eigenvalue weighted by atomic mass is 14.6. The Morgan fingerprint density at radius 1 is 1.13 bits per heavy atom. The minimum Gasteiger partial charge on any atom is -0.198 e. The Morgan fingerprint density at radius 3 is 2.20 bits per heavy atom. The van der Waals surface area contributed by atoms with Gasteiger partial charge in [-0.05, 0) is 61.7 Å². The highest BCUT2D eigenvalue weighted by Crippen LogP contribution is 2.67. The lowest BCUT2D eigenvalue weighted by atomic mass is 9.42. The molecule has 0 aliphatic heterocycles. The van der Waals surface area contributed by atoms with E-state index in [9.17, 15) is 5.26 Å². The number of hydrogen-bond acceptors (Lipinski definition) is 1. The fourth-order valence-electron chi connectivity index (χ4n) is 5.14. The summed E-state index contributed by atoms with van der Waals surface area (Å²) in [5.41, 5.74) is 0.633. The minimum atomic E-state index is 0.0916. The molecule has 0 aromatic heterocycles. The fourth-order valence-corrected chi connectivity index (χ4v) is 5.14. The van der Waals surface area contributed by atoms with Crippen molar-refractivity contribution >= 4 is 0 Å². The molecule has 4 saturated carbocycles. The van der Waals surface area contributed by atoms with Crippen LogP contribution in [0.25, 0.3) is 0 Å². The van der Waals surface area contributed by atoms with Crippen LogP contribution in [0.4, 0.5) is 0 Å². The van der Waals surface area contributed by atoms with Gasteiger partial charge in [0.25, 0.3) is 0 Å². The van der Waals surface area contributed by atoms with Gasteiger partial charge < -0.3 is 0 Å². The third-order valence-corrected chi connectivity index (χ3v) is 5.57. The van der Waals surface area contributed by atoms with Crippen molar-refractivity contribution in [3.05, 3.63) is 0 Å². The molecule has 4 aliphatic carbocycles. The van der Waals surface area contributed by atoms with Gasteiger partial charge in [0, 0.05) is 0 Å². The predicted molar refractivity (Wildman–Crippen MR) is 60.0 cm³/mol. The number of nitrogens with zero attached hydrogens (tertiary/aromatic N) is 1. The molecule has 0 heterocycles. The summed E-state index contributed by atoms with van der Waals surface area (Å²) >= 11 is 0. The SMILES string of the molecule is CC(C)C12C[C@@H]3C[C@@H](CC(C#N)(C3)C1)C2.